The minimum absolute atomic E-state index is 0.0693. The summed E-state index contributed by atoms with van der Waals surface area (Å²) in [5.74, 6) is -0.791. The molecule has 0 radical (unpaired) electrons. The smallest absolute Gasteiger partial charge is 0.293 e. The molecule has 3 amide bonds. The van der Waals surface area contributed by atoms with Crippen molar-refractivity contribution in [3.63, 3.8) is 0 Å². The second-order valence-electron chi connectivity index (χ2n) is 6.12. The molecule has 1 aliphatic heterocycles. The molecule has 28 heavy (non-hydrogen) atoms. The van der Waals surface area contributed by atoms with Gasteiger partial charge in [0.15, 0.2) is 0 Å². The molecule has 1 saturated heterocycles. The van der Waals surface area contributed by atoms with Crippen molar-refractivity contribution < 1.29 is 14.4 Å². The summed E-state index contributed by atoms with van der Waals surface area (Å²) < 4.78 is 0. The third-order valence-electron chi connectivity index (χ3n) is 4.04. The summed E-state index contributed by atoms with van der Waals surface area (Å²) in [6.45, 7) is 2.15. The lowest BCUT2D eigenvalue weighted by atomic mass is 10.1. The molecule has 3 rings (SSSR count). The van der Waals surface area contributed by atoms with Gasteiger partial charge < -0.3 is 5.32 Å². The fourth-order valence-electron chi connectivity index (χ4n) is 2.55. The van der Waals surface area contributed by atoms with E-state index in [9.17, 15) is 14.4 Å². The highest BCUT2D eigenvalue weighted by Gasteiger charge is 2.34. The molecule has 0 atom stereocenters. The zero-order chi connectivity index (χ0) is 20.3. The average Bonchev–Trinajstić information content (AvgIpc) is 2.92. The molecular formula is C20H16Cl2N2O3S. The molecular weight excluding hydrogens is 419 g/mol. The summed E-state index contributed by atoms with van der Waals surface area (Å²) in [5, 5.41) is 2.95. The van der Waals surface area contributed by atoms with Gasteiger partial charge in [-0.2, -0.15) is 0 Å². The molecule has 5 nitrogen and oxygen atoms in total. The lowest BCUT2D eigenvalue weighted by Crippen LogP contribution is -2.37. The van der Waals surface area contributed by atoms with Gasteiger partial charge >= 0.3 is 0 Å². The number of hydrogen-bond donors (Lipinski definition) is 1. The number of aryl methyl sites for hydroxylation is 1. The fraction of sp³-hybridized carbons (Fsp3) is 0.150. The van der Waals surface area contributed by atoms with Gasteiger partial charge in [0.2, 0.25) is 0 Å². The Hall–Kier alpha value is -2.28. The lowest BCUT2D eigenvalue weighted by molar-refractivity contribution is -0.122. The molecule has 2 aromatic rings. The van der Waals surface area contributed by atoms with Crippen LogP contribution < -0.4 is 5.32 Å². The molecule has 0 unspecified atom stereocenters. The van der Waals surface area contributed by atoms with Gasteiger partial charge in [-0.15, -0.1) is 0 Å². The van der Waals surface area contributed by atoms with Crippen LogP contribution >= 0.6 is 35.0 Å². The van der Waals surface area contributed by atoms with Crippen LogP contribution in [0.3, 0.4) is 0 Å². The van der Waals surface area contributed by atoms with E-state index in [1.54, 1.807) is 12.1 Å². The number of rotatable bonds is 5. The minimum Gasteiger partial charge on any atom is -0.350 e. The van der Waals surface area contributed by atoms with Crippen molar-refractivity contribution in [2.75, 3.05) is 13.1 Å². The first-order valence-corrected chi connectivity index (χ1v) is 9.97. The molecule has 0 saturated carbocycles. The van der Waals surface area contributed by atoms with Crippen molar-refractivity contribution in [3.8, 4) is 0 Å². The van der Waals surface area contributed by atoms with Crippen LogP contribution in [0.25, 0.3) is 6.08 Å². The largest absolute Gasteiger partial charge is 0.350 e. The first-order chi connectivity index (χ1) is 13.3. The van der Waals surface area contributed by atoms with E-state index >= 15 is 0 Å². The van der Waals surface area contributed by atoms with E-state index < -0.39 is 5.91 Å². The van der Waals surface area contributed by atoms with E-state index in [1.807, 2.05) is 31.2 Å². The maximum absolute atomic E-state index is 12.5. The van der Waals surface area contributed by atoms with Gasteiger partial charge in [-0.25, -0.2) is 0 Å². The molecule has 1 heterocycles. The molecule has 2 aromatic carbocycles. The highest BCUT2D eigenvalue weighted by molar-refractivity contribution is 8.18. The van der Waals surface area contributed by atoms with Crippen LogP contribution in [-0.2, 0) is 4.79 Å². The van der Waals surface area contributed by atoms with E-state index in [-0.39, 0.29) is 34.8 Å². The zero-order valence-corrected chi connectivity index (χ0v) is 17.2. The second kappa shape index (κ2) is 8.82. The summed E-state index contributed by atoms with van der Waals surface area (Å²) >= 11 is 12.8. The summed E-state index contributed by atoms with van der Waals surface area (Å²) in [7, 11) is 0. The predicted molar refractivity (Wildman–Crippen MR) is 113 cm³/mol. The number of imide groups is 1. The number of carbonyl (C=O) groups is 3. The zero-order valence-electron chi connectivity index (χ0n) is 14.9. The van der Waals surface area contributed by atoms with E-state index in [1.165, 1.54) is 12.1 Å². The quantitative estimate of drug-likeness (QED) is 0.688. The second-order valence-corrected chi connectivity index (χ2v) is 7.96. The van der Waals surface area contributed by atoms with Crippen LogP contribution in [0.1, 0.15) is 21.5 Å². The maximum Gasteiger partial charge on any atom is 0.293 e. The van der Waals surface area contributed by atoms with Crippen LogP contribution in [0.15, 0.2) is 47.4 Å². The van der Waals surface area contributed by atoms with Crippen molar-refractivity contribution in [2.45, 2.75) is 6.92 Å². The van der Waals surface area contributed by atoms with Crippen LogP contribution in [0.2, 0.25) is 10.0 Å². The predicted octanol–water partition coefficient (Wildman–Crippen LogP) is 4.77. The first kappa shape index (κ1) is 20.5. The standard InChI is InChI=1S/C20H16Cl2N2O3S/c1-12-2-4-13(5-3-12)10-17-19(26)24(20(27)28-17)9-8-23-18(25)15-11-14(21)6-7-16(15)22/h2-7,10-11H,8-9H2,1H3,(H,23,25). The third kappa shape index (κ3) is 4.76. The number of carbonyl (C=O) groups excluding carboxylic acids is 3. The average molecular weight is 435 g/mol. The summed E-state index contributed by atoms with van der Waals surface area (Å²) in [6.07, 6.45) is 1.69. The van der Waals surface area contributed by atoms with Gasteiger partial charge in [0.25, 0.3) is 17.1 Å². The molecule has 8 heteroatoms. The number of halogens is 2. The lowest BCUT2D eigenvalue weighted by Gasteiger charge is -2.13. The van der Waals surface area contributed by atoms with E-state index in [0.29, 0.717) is 9.93 Å². The van der Waals surface area contributed by atoms with Crippen LogP contribution in [0, 0.1) is 6.92 Å². The van der Waals surface area contributed by atoms with Gasteiger partial charge in [-0.3, -0.25) is 19.3 Å². The summed E-state index contributed by atoms with van der Waals surface area (Å²) in [6, 6.07) is 12.2. The Morgan fingerprint density at radius 3 is 2.57 bits per heavy atom. The SMILES string of the molecule is Cc1ccc(C=C2SC(=O)N(CCNC(=O)c3cc(Cl)ccc3Cl)C2=O)cc1. The Morgan fingerprint density at radius 2 is 1.86 bits per heavy atom. The van der Waals surface area contributed by atoms with Crippen LogP contribution in [-0.4, -0.2) is 35.0 Å². The Balaban J connectivity index is 1.61. The van der Waals surface area contributed by atoms with E-state index in [4.69, 9.17) is 23.2 Å². The fourth-order valence-corrected chi connectivity index (χ4v) is 3.80. The highest BCUT2D eigenvalue weighted by Crippen LogP contribution is 2.32. The van der Waals surface area contributed by atoms with Crippen LogP contribution in [0.4, 0.5) is 4.79 Å². The Labute approximate surface area is 176 Å². The minimum atomic E-state index is -0.422. The maximum atomic E-state index is 12.5. The Morgan fingerprint density at radius 1 is 1.14 bits per heavy atom. The molecule has 0 bridgehead atoms. The Kier molecular flexibility index (Phi) is 6.44. The van der Waals surface area contributed by atoms with E-state index in [0.717, 1.165) is 27.8 Å². The third-order valence-corrected chi connectivity index (χ3v) is 5.51. The summed E-state index contributed by atoms with van der Waals surface area (Å²) in [5.41, 5.74) is 2.20. The molecule has 0 spiro atoms. The molecule has 1 fully saturated rings. The molecule has 144 valence electrons. The van der Waals surface area contributed by atoms with Gasteiger partial charge in [-0.05, 0) is 48.5 Å². The molecule has 0 aromatic heterocycles. The van der Waals surface area contributed by atoms with Gasteiger partial charge in [0, 0.05) is 18.1 Å². The van der Waals surface area contributed by atoms with Gasteiger partial charge in [-0.1, -0.05) is 53.0 Å². The number of nitrogens with zero attached hydrogens (tertiary/aromatic N) is 1. The monoisotopic (exact) mass is 434 g/mol. The first-order valence-electron chi connectivity index (χ1n) is 8.40. The van der Waals surface area contributed by atoms with E-state index in [2.05, 4.69) is 5.32 Å². The number of thioether (sulfide) groups is 1. The van der Waals surface area contributed by atoms with Crippen LogP contribution in [0.5, 0.6) is 0 Å². The van der Waals surface area contributed by atoms with Gasteiger partial charge in [0.05, 0.1) is 15.5 Å². The number of amides is 3. The molecule has 0 aliphatic carbocycles. The number of benzene rings is 2. The summed E-state index contributed by atoms with van der Waals surface area (Å²) in [4.78, 5) is 38.4. The highest BCUT2D eigenvalue weighted by atomic mass is 35.5. The van der Waals surface area contributed by atoms with Gasteiger partial charge in [0.1, 0.15) is 0 Å². The number of hydrogen-bond acceptors (Lipinski definition) is 4. The topological polar surface area (TPSA) is 66.5 Å². The Bertz CT molecular complexity index is 974. The number of nitrogens with one attached hydrogen (secondary N) is 1. The van der Waals surface area contributed by atoms with Crippen molar-refractivity contribution in [3.05, 3.63) is 74.1 Å². The van der Waals surface area contributed by atoms with Crippen molar-refractivity contribution >= 4 is 58.1 Å². The normalized spacial score (nSPS) is 15.4. The van der Waals surface area contributed by atoms with Crippen molar-refractivity contribution in [2.24, 2.45) is 0 Å². The molecule has 1 aliphatic rings. The molecule has 1 N–H and O–H groups in total. The van der Waals surface area contributed by atoms with Crippen molar-refractivity contribution in [1.29, 1.82) is 0 Å². The van der Waals surface area contributed by atoms with Crippen molar-refractivity contribution in [1.82, 2.24) is 10.2 Å².